The zero-order chi connectivity index (χ0) is 21.4. The van der Waals surface area contributed by atoms with E-state index >= 15 is 0 Å². The number of alkyl carbamates (subject to hydrolysis) is 1. The Balaban J connectivity index is 1.29. The number of fused-ring (bicyclic) bond motifs is 4. The fourth-order valence-electron chi connectivity index (χ4n) is 4.81. The summed E-state index contributed by atoms with van der Waals surface area (Å²) < 4.78 is 16.8. The molecule has 1 aromatic carbocycles. The van der Waals surface area contributed by atoms with E-state index < -0.39 is 0 Å². The van der Waals surface area contributed by atoms with Gasteiger partial charge in [0.15, 0.2) is 0 Å². The third-order valence-electron chi connectivity index (χ3n) is 6.53. The van der Waals surface area contributed by atoms with Gasteiger partial charge < -0.3 is 19.5 Å². The fourth-order valence-corrected chi connectivity index (χ4v) is 5.05. The summed E-state index contributed by atoms with van der Waals surface area (Å²) in [5.74, 6) is 1.64. The maximum absolute atomic E-state index is 12.6. The molecule has 4 aliphatic rings. The Hall–Kier alpha value is -2.51. The molecule has 2 bridgehead atoms. The standard InChI is InChI=1S/C23H26ClN3O4/c1-29-22-18(24)10-16(12-25-22)15-2-3-17-19(6-9-30-20(17)11-15)26-23(28)31-21-13-27-7-4-14(21)5-8-27/h2-3,10-12,14,19,21H,4-9,13H2,1H3,(H,26,28)/t19?,21-/m0/s1. The molecular weight excluding hydrogens is 418 g/mol. The van der Waals surface area contributed by atoms with E-state index in [-0.39, 0.29) is 18.2 Å². The molecule has 0 saturated carbocycles. The van der Waals surface area contributed by atoms with Crippen LogP contribution in [0.4, 0.5) is 4.79 Å². The van der Waals surface area contributed by atoms with Gasteiger partial charge in [-0.1, -0.05) is 23.7 Å². The van der Waals surface area contributed by atoms with E-state index in [1.165, 1.54) is 7.11 Å². The van der Waals surface area contributed by atoms with Crippen LogP contribution in [-0.2, 0) is 4.74 Å². The topological polar surface area (TPSA) is 72.9 Å². The van der Waals surface area contributed by atoms with Crippen molar-refractivity contribution in [2.24, 2.45) is 5.92 Å². The van der Waals surface area contributed by atoms with Crippen molar-refractivity contribution in [2.75, 3.05) is 33.4 Å². The molecular formula is C23H26ClN3O4. The van der Waals surface area contributed by atoms with Crippen LogP contribution in [0, 0.1) is 5.92 Å². The van der Waals surface area contributed by atoms with Crippen molar-refractivity contribution < 1.29 is 19.0 Å². The summed E-state index contributed by atoms with van der Waals surface area (Å²) in [6.07, 6.45) is 4.31. The number of pyridine rings is 1. The van der Waals surface area contributed by atoms with Crippen molar-refractivity contribution in [1.29, 1.82) is 0 Å². The number of carbonyl (C=O) groups excluding carboxylic acids is 1. The minimum Gasteiger partial charge on any atom is -0.493 e. The number of hydrogen-bond acceptors (Lipinski definition) is 6. The van der Waals surface area contributed by atoms with Crippen molar-refractivity contribution in [3.05, 3.63) is 41.0 Å². The first kappa shape index (κ1) is 20.4. The van der Waals surface area contributed by atoms with Crippen molar-refractivity contribution in [3.63, 3.8) is 0 Å². The van der Waals surface area contributed by atoms with Gasteiger partial charge in [-0.15, -0.1) is 0 Å². The molecule has 2 atom stereocenters. The lowest BCUT2D eigenvalue weighted by molar-refractivity contribution is -0.0342. The summed E-state index contributed by atoms with van der Waals surface area (Å²) in [5, 5.41) is 3.51. The second kappa shape index (κ2) is 8.55. The number of nitrogens with one attached hydrogen (secondary N) is 1. The van der Waals surface area contributed by atoms with Crippen LogP contribution in [0.25, 0.3) is 11.1 Å². The van der Waals surface area contributed by atoms with Gasteiger partial charge >= 0.3 is 6.09 Å². The number of nitrogens with zero attached hydrogens (tertiary/aromatic N) is 2. The molecule has 0 spiro atoms. The first-order valence-electron chi connectivity index (χ1n) is 10.8. The van der Waals surface area contributed by atoms with Crippen LogP contribution < -0.4 is 14.8 Å². The molecule has 2 aromatic rings. The normalized spacial score (nSPS) is 26.5. The highest BCUT2D eigenvalue weighted by molar-refractivity contribution is 6.32. The molecule has 1 N–H and O–H groups in total. The molecule has 8 heteroatoms. The van der Waals surface area contributed by atoms with Crippen molar-refractivity contribution in [3.8, 4) is 22.8 Å². The number of aromatic nitrogens is 1. The Morgan fingerprint density at radius 1 is 1.23 bits per heavy atom. The molecule has 5 heterocycles. The van der Waals surface area contributed by atoms with E-state index in [9.17, 15) is 4.79 Å². The number of benzene rings is 1. The Morgan fingerprint density at radius 2 is 2.06 bits per heavy atom. The molecule has 4 aliphatic heterocycles. The van der Waals surface area contributed by atoms with E-state index in [0.29, 0.717) is 29.8 Å². The van der Waals surface area contributed by atoms with Crippen molar-refractivity contribution in [2.45, 2.75) is 31.4 Å². The van der Waals surface area contributed by atoms with Crippen LogP contribution >= 0.6 is 11.6 Å². The lowest BCUT2D eigenvalue weighted by atomic mass is 9.86. The number of piperidine rings is 3. The van der Waals surface area contributed by atoms with Gasteiger partial charge in [0.25, 0.3) is 0 Å². The van der Waals surface area contributed by atoms with Crippen LogP contribution in [0.5, 0.6) is 11.6 Å². The van der Waals surface area contributed by atoms with Gasteiger partial charge in [-0.25, -0.2) is 9.78 Å². The molecule has 3 fully saturated rings. The molecule has 1 amide bonds. The highest BCUT2D eigenvalue weighted by atomic mass is 35.5. The SMILES string of the molecule is COc1ncc(-c2ccc3c(c2)OCCC3NC(=O)O[C@H]2CN3CCC2CC3)cc1Cl. The van der Waals surface area contributed by atoms with Crippen LogP contribution in [-0.4, -0.2) is 55.4 Å². The molecule has 7 nitrogen and oxygen atoms in total. The first-order chi connectivity index (χ1) is 15.1. The monoisotopic (exact) mass is 443 g/mol. The number of rotatable bonds is 4. The number of ether oxygens (including phenoxy) is 3. The maximum atomic E-state index is 12.6. The van der Waals surface area contributed by atoms with Gasteiger partial charge in [0.05, 0.1) is 19.8 Å². The largest absolute Gasteiger partial charge is 0.493 e. The number of methoxy groups -OCH3 is 1. The van der Waals surface area contributed by atoms with Crippen molar-refractivity contribution >= 4 is 17.7 Å². The van der Waals surface area contributed by atoms with Gasteiger partial charge in [0.2, 0.25) is 5.88 Å². The molecule has 1 aromatic heterocycles. The maximum Gasteiger partial charge on any atom is 0.407 e. The average Bonchev–Trinajstić information content (AvgIpc) is 2.79. The molecule has 3 saturated heterocycles. The Bertz CT molecular complexity index is 977. The highest BCUT2D eigenvalue weighted by Gasteiger charge is 2.37. The van der Waals surface area contributed by atoms with Crippen LogP contribution in [0.3, 0.4) is 0 Å². The number of halogens is 1. The predicted molar refractivity (Wildman–Crippen MR) is 117 cm³/mol. The lowest BCUT2D eigenvalue weighted by Gasteiger charge is -2.44. The van der Waals surface area contributed by atoms with E-state index in [0.717, 1.165) is 54.9 Å². The van der Waals surface area contributed by atoms with Gasteiger partial charge in [0.1, 0.15) is 16.9 Å². The fraction of sp³-hybridized carbons (Fsp3) is 0.478. The highest BCUT2D eigenvalue weighted by Crippen LogP contribution is 2.37. The molecule has 1 unspecified atom stereocenters. The lowest BCUT2D eigenvalue weighted by Crippen LogP contribution is -2.52. The molecule has 6 rings (SSSR count). The Labute approximate surface area is 186 Å². The summed E-state index contributed by atoms with van der Waals surface area (Å²) in [4.78, 5) is 19.2. The Kier molecular flexibility index (Phi) is 5.63. The van der Waals surface area contributed by atoms with Gasteiger partial charge in [-0.3, -0.25) is 4.90 Å². The number of hydrogen-bond donors (Lipinski definition) is 1. The minimum atomic E-state index is -0.341. The van der Waals surface area contributed by atoms with Gasteiger partial charge in [-0.05, 0) is 49.5 Å². The predicted octanol–water partition coefficient (Wildman–Crippen LogP) is 4.05. The van der Waals surface area contributed by atoms with Gasteiger partial charge in [0, 0.05) is 30.3 Å². The Morgan fingerprint density at radius 3 is 2.77 bits per heavy atom. The second-order valence-corrected chi connectivity index (χ2v) is 8.79. The summed E-state index contributed by atoms with van der Waals surface area (Å²) in [6.45, 7) is 3.63. The molecule has 31 heavy (non-hydrogen) atoms. The van der Waals surface area contributed by atoms with Crippen LogP contribution in [0.2, 0.25) is 5.02 Å². The average molecular weight is 444 g/mol. The molecule has 0 aliphatic carbocycles. The zero-order valence-corrected chi connectivity index (χ0v) is 18.2. The summed E-state index contributed by atoms with van der Waals surface area (Å²) in [5.41, 5.74) is 2.76. The van der Waals surface area contributed by atoms with E-state index in [2.05, 4.69) is 15.2 Å². The first-order valence-corrected chi connectivity index (χ1v) is 11.1. The third kappa shape index (κ3) is 4.16. The van der Waals surface area contributed by atoms with E-state index in [1.807, 2.05) is 24.3 Å². The van der Waals surface area contributed by atoms with E-state index in [1.54, 1.807) is 6.20 Å². The summed E-state index contributed by atoms with van der Waals surface area (Å²) in [7, 11) is 1.54. The van der Waals surface area contributed by atoms with Crippen LogP contribution in [0.15, 0.2) is 30.5 Å². The number of amides is 1. The van der Waals surface area contributed by atoms with E-state index in [4.69, 9.17) is 25.8 Å². The van der Waals surface area contributed by atoms with Gasteiger partial charge in [-0.2, -0.15) is 0 Å². The van der Waals surface area contributed by atoms with Crippen LogP contribution in [0.1, 0.15) is 30.9 Å². The quantitative estimate of drug-likeness (QED) is 0.768. The second-order valence-electron chi connectivity index (χ2n) is 8.38. The smallest absolute Gasteiger partial charge is 0.407 e. The minimum absolute atomic E-state index is 0.00323. The zero-order valence-electron chi connectivity index (χ0n) is 17.5. The summed E-state index contributed by atoms with van der Waals surface area (Å²) in [6, 6.07) is 7.62. The molecule has 0 radical (unpaired) electrons. The third-order valence-corrected chi connectivity index (χ3v) is 6.80. The summed E-state index contributed by atoms with van der Waals surface area (Å²) >= 11 is 6.22. The number of carbonyl (C=O) groups is 1. The van der Waals surface area contributed by atoms with Crippen molar-refractivity contribution in [1.82, 2.24) is 15.2 Å². The molecule has 164 valence electrons.